The zero-order valence-corrected chi connectivity index (χ0v) is 11.1. The molecule has 0 aliphatic carbocycles. The number of aromatic amines is 1. The number of H-pyrrole nitrogens is 1. The summed E-state index contributed by atoms with van der Waals surface area (Å²) in [5.41, 5.74) is -0.366. The minimum atomic E-state index is -0.291. The summed E-state index contributed by atoms with van der Waals surface area (Å²) in [6, 6.07) is 0. The van der Waals surface area contributed by atoms with Crippen LogP contribution < -0.4 is 0 Å². The molecule has 0 spiro atoms. The third-order valence-electron chi connectivity index (χ3n) is 3.03. The van der Waals surface area contributed by atoms with E-state index in [0.717, 1.165) is 25.3 Å². The predicted octanol–water partition coefficient (Wildman–Crippen LogP) is 2.72. The quantitative estimate of drug-likeness (QED) is 0.769. The maximum absolute atomic E-state index is 5.83. The smallest absolute Gasteiger partial charge is 0.195 e. The summed E-state index contributed by atoms with van der Waals surface area (Å²) < 4.78 is 8.56. The van der Waals surface area contributed by atoms with E-state index in [1.165, 1.54) is 0 Å². The van der Waals surface area contributed by atoms with Gasteiger partial charge in [0.1, 0.15) is 5.60 Å². The van der Waals surface area contributed by atoms with Gasteiger partial charge in [-0.05, 0) is 52.8 Å². The summed E-state index contributed by atoms with van der Waals surface area (Å²) in [6.45, 7) is 9.27. The molecule has 0 aromatic carbocycles. The molecule has 2 rings (SSSR count). The Morgan fingerprint density at radius 2 is 2.19 bits per heavy atom. The first-order chi connectivity index (χ1) is 7.34. The van der Waals surface area contributed by atoms with Crippen molar-refractivity contribution in [1.29, 1.82) is 0 Å². The Balaban J connectivity index is 2.54. The molecular weight excluding hydrogens is 222 g/mol. The average Bonchev–Trinajstić information content (AvgIpc) is 2.71. The van der Waals surface area contributed by atoms with Crippen LogP contribution in [0.3, 0.4) is 0 Å². The molecule has 1 aliphatic heterocycles. The summed E-state index contributed by atoms with van der Waals surface area (Å²) in [7, 11) is 0. The lowest BCUT2D eigenvalue weighted by molar-refractivity contribution is 0.00331. The fraction of sp³-hybridized carbons (Fsp3) is 0.818. The molecule has 0 bridgehead atoms. The van der Waals surface area contributed by atoms with Crippen molar-refractivity contribution in [2.45, 2.75) is 51.7 Å². The van der Waals surface area contributed by atoms with E-state index in [9.17, 15) is 0 Å². The second-order valence-electron chi connectivity index (χ2n) is 5.54. The lowest BCUT2D eigenvalue weighted by atomic mass is 10.00. The molecule has 1 fully saturated rings. The lowest BCUT2D eigenvalue weighted by Gasteiger charge is -2.29. The maximum Gasteiger partial charge on any atom is 0.195 e. The van der Waals surface area contributed by atoms with Crippen molar-refractivity contribution >= 4 is 12.2 Å². The zero-order chi connectivity index (χ0) is 12.0. The SMILES string of the molecule is CC1(c2n[nH]c(=S)n2C(C)(C)C)CCCO1. The number of hydrogen-bond donors (Lipinski definition) is 1. The topological polar surface area (TPSA) is 42.8 Å². The van der Waals surface area contributed by atoms with E-state index >= 15 is 0 Å². The first kappa shape index (κ1) is 11.8. The Kier molecular flexibility index (Phi) is 2.70. The highest BCUT2D eigenvalue weighted by Gasteiger charge is 2.38. The Hall–Kier alpha value is -0.680. The number of hydrogen-bond acceptors (Lipinski definition) is 3. The second-order valence-corrected chi connectivity index (χ2v) is 5.93. The molecule has 1 aromatic heterocycles. The van der Waals surface area contributed by atoms with Crippen molar-refractivity contribution in [1.82, 2.24) is 14.8 Å². The van der Waals surface area contributed by atoms with Crippen LogP contribution in [0.25, 0.3) is 0 Å². The zero-order valence-electron chi connectivity index (χ0n) is 10.3. The lowest BCUT2D eigenvalue weighted by Crippen LogP contribution is -2.32. The molecule has 0 radical (unpaired) electrons. The van der Waals surface area contributed by atoms with Crippen molar-refractivity contribution in [3.63, 3.8) is 0 Å². The van der Waals surface area contributed by atoms with E-state index in [2.05, 4.69) is 42.5 Å². The van der Waals surface area contributed by atoms with E-state index in [-0.39, 0.29) is 11.1 Å². The molecule has 1 N–H and O–H groups in total. The molecule has 1 atom stereocenters. The van der Waals surface area contributed by atoms with Gasteiger partial charge in [-0.25, -0.2) is 0 Å². The van der Waals surface area contributed by atoms with Crippen molar-refractivity contribution in [2.75, 3.05) is 6.61 Å². The van der Waals surface area contributed by atoms with Crippen LogP contribution in [0.1, 0.15) is 46.4 Å². The molecule has 90 valence electrons. The summed E-state index contributed by atoms with van der Waals surface area (Å²) in [5, 5.41) is 7.24. The molecule has 2 heterocycles. The van der Waals surface area contributed by atoms with Crippen LogP contribution in [0.5, 0.6) is 0 Å². The van der Waals surface area contributed by atoms with Crippen molar-refractivity contribution < 1.29 is 4.74 Å². The number of aromatic nitrogens is 3. The Morgan fingerprint density at radius 3 is 2.69 bits per heavy atom. The number of rotatable bonds is 1. The summed E-state index contributed by atoms with van der Waals surface area (Å²) >= 11 is 5.30. The molecular formula is C11H19N3OS. The van der Waals surface area contributed by atoms with Gasteiger partial charge in [-0.1, -0.05) is 0 Å². The van der Waals surface area contributed by atoms with Gasteiger partial charge < -0.3 is 4.74 Å². The van der Waals surface area contributed by atoms with Gasteiger partial charge >= 0.3 is 0 Å². The molecule has 4 nitrogen and oxygen atoms in total. The third-order valence-corrected chi connectivity index (χ3v) is 3.31. The second kappa shape index (κ2) is 3.67. The minimum absolute atomic E-state index is 0.0750. The molecule has 0 saturated carbocycles. The van der Waals surface area contributed by atoms with Gasteiger partial charge in [0, 0.05) is 12.1 Å². The van der Waals surface area contributed by atoms with Gasteiger partial charge in [0.15, 0.2) is 10.6 Å². The number of ether oxygens (including phenoxy) is 1. The third kappa shape index (κ3) is 1.82. The van der Waals surface area contributed by atoms with Gasteiger partial charge in [0.05, 0.1) is 0 Å². The largest absolute Gasteiger partial charge is 0.367 e. The number of nitrogens with zero attached hydrogens (tertiary/aromatic N) is 2. The monoisotopic (exact) mass is 241 g/mol. The molecule has 5 heteroatoms. The van der Waals surface area contributed by atoms with Gasteiger partial charge in [-0.2, -0.15) is 5.10 Å². The van der Waals surface area contributed by atoms with Crippen molar-refractivity contribution in [3.05, 3.63) is 10.6 Å². The van der Waals surface area contributed by atoms with Crippen LogP contribution >= 0.6 is 12.2 Å². The summed E-state index contributed by atoms with van der Waals surface area (Å²) in [4.78, 5) is 0. The van der Waals surface area contributed by atoms with E-state index in [0.29, 0.717) is 4.77 Å². The summed E-state index contributed by atoms with van der Waals surface area (Å²) in [6.07, 6.45) is 2.09. The number of nitrogens with one attached hydrogen (secondary N) is 1. The fourth-order valence-corrected chi connectivity index (χ4v) is 2.64. The van der Waals surface area contributed by atoms with Crippen LogP contribution in [-0.4, -0.2) is 21.4 Å². The van der Waals surface area contributed by atoms with Gasteiger partial charge in [-0.15, -0.1) is 0 Å². The molecule has 1 saturated heterocycles. The summed E-state index contributed by atoms with van der Waals surface area (Å²) in [5.74, 6) is 0.919. The Labute approximate surface area is 101 Å². The Morgan fingerprint density at radius 1 is 1.50 bits per heavy atom. The molecule has 1 unspecified atom stereocenters. The van der Waals surface area contributed by atoms with Crippen molar-refractivity contribution in [2.24, 2.45) is 0 Å². The minimum Gasteiger partial charge on any atom is -0.367 e. The van der Waals surface area contributed by atoms with Gasteiger partial charge in [-0.3, -0.25) is 9.67 Å². The van der Waals surface area contributed by atoms with E-state index < -0.39 is 0 Å². The first-order valence-electron chi connectivity index (χ1n) is 5.67. The van der Waals surface area contributed by atoms with Gasteiger partial charge in [0.25, 0.3) is 0 Å². The highest BCUT2D eigenvalue weighted by molar-refractivity contribution is 7.71. The van der Waals surface area contributed by atoms with E-state index in [4.69, 9.17) is 17.0 Å². The van der Waals surface area contributed by atoms with E-state index in [1.807, 2.05) is 0 Å². The highest BCUT2D eigenvalue weighted by Crippen LogP contribution is 2.36. The van der Waals surface area contributed by atoms with Crippen LogP contribution in [0.2, 0.25) is 0 Å². The molecule has 1 aliphatic rings. The standard InChI is InChI=1S/C11H19N3OS/c1-10(2,3)14-8(12-13-9(14)16)11(4)6-5-7-15-11/h5-7H2,1-4H3,(H,13,16). The van der Waals surface area contributed by atoms with Gasteiger partial charge in [0.2, 0.25) is 0 Å². The average molecular weight is 241 g/mol. The first-order valence-corrected chi connectivity index (χ1v) is 6.08. The Bertz CT molecular complexity index is 435. The van der Waals surface area contributed by atoms with Crippen LogP contribution in [0, 0.1) is 4.77 Å². The van der Waals surface area contributed by atoms with Crippen LogP contribution in [-0.2, 0) is 15.9 Å². The predicted molar refractivity (Wildman–Crippen MR) is 64.9 cm³/mol. The molecule has 1 aromatic rings. The molecule has 0 amide bonds. The molecule has 16 heavy (non-hydrogen) atoms. The fourth-order valence-electron chi connectivity index (χ4n) is 2.23. The maximum atomic E-state index is 5.83. The van der Waals surface area contributed by atoms with E-state index in [1.54, 1.807) is 0 Å². The normalized spacial score (nSPS) is 26.2. The van der Waals surface area contributed by atoms with Crippen LogP contribution in [0.4, 0.5) is 0 Å². The van der Waals surface area contributed by atoms with Crippen molar-refractivity contribution in [3.8, 4) is 0 Å². The highest BCUT2D eigenvalue weighted by atomic mass is 32.1. The van der Waals surface area contributed by atoms with Crippen LogP contribution in [0.15, 0.2) is 0 Å².